The van der Waals surface area contributed by atoms with Gasteiger partial charge in [0.05, 0.1) is 19.8 Å². The molecule has 0 aliphatic carbocycles. The third-order valence-electron chi connectivity index (χ3n) is 3.90. The first kappa shape index (κ1) is 16.3. The Morgan fingerprint density at radius 1 is 1.13 bits per heavy atom. The molecule has 5 nitrogen and oxygen atoms in total. The summed E-state index contributed by atoms with van der Waals surface area (Å²) >= 11 is 1.81. The molecule has 0 saturated carbocycles. The van der Waals surface area contributed by atoms with Crippen LogP contribution in [0, 0.1) is 0 Å². The molecule has 0 radical (unpaired) electrons. The molecule has 1 fully saturated rings. The molecule has 3 rings (SSSR count). The van der Waals surface area contributed by atoms with Gasteiger partial charge >= 0.3 is 0 Å². The average molecular weight is 332 g/mol. The van der Waals surface area contributed by atoms with E-state index in [2.05, 4.69) is 56.9 Å². The fraction of sp³-hybridized carbons (Fsp3) is 0.529. The monoisotopic (exact) mass is 332 g/mol. The summed E-state index contributed by atoms with van der Waals surface area (Å²) in [5.41, 5.74) is 1.28. The Morgan fingerprint density at radius 2 is 1.91 bits per heavy atom. The second-order valence-corrected chi connectivity index (χ2v) is 6.72. The second-order valence-electron chi connectivity index (χ2n) is 5.66. The predicted octanol–water partition coefficient (Wildman–Crippen LogP) is 3.06. The van der Waals surface area contributed by atoms with Gasteiger partial charge in [0.2, 0.25) is 5.95 Å². The summed E-state index contributed by atoms with van der Waals surface area (Å²) < 4.78 is 7.71. The van der Waals surface area contributed by atoms with Crippen molar-refractivity contribution < 1.29 is 4.74 Å². The molecule has 1 saturated heterocycles. The molecule has 1 aromatic carbocycles. The molecule has 2 aromatic rings. The Kier molecular flexibility index (Phi) is 5.93. The predicted molar refractivity (Wildman–Crippen MR) is 94.2 cm³/mol. The lowest BCUT2D eigenvalue weighted by Gasteiger charge is -2.28. The summed E-state index contributed by atoms with van der Waals surface area (Å²) in [7, 11) is 0. The van der Waals surface area contributed by atoms with Gasteiger partial charge in [-0.05, 0) is 12.0 Å². The van der Waals surface area contributed by atoms with E-state index in [-0.39, 0.29) is 0 Å². The third-order valence-corrected chi connectivity index (χ3v) is 4.96. The summed E-state index contributed by atoms with van der Waals surface area (Å²) in [6.45, 7) is 6.31. The third kappa shape index (κ3) is 4.26. The van der Waals surface area contributed by atoms with Crippen LogP contribution < -0.4 is 4.90 Å². The average Bonchev–Trinajstić information content (AvgIpc) is 3.00. The van der Waals surface area contributed by atoms with Crippen molar-refractivity contribution in [3.8, 4) is 0 Å². The first-order chi connectivity index (χ1) is 11.4. The van der Waals surface area contributed by atoms with Gasteiger partial charge in [0, 0.05) is 18.8 Å². The first-order valence-electron chi connectivity index (χ1n) is 8.31. The van der Waals surface area contributed by atoms with E-state index >= 15 is 0 Å². The summed E-state index contributed by atoms with van der Waals surface area (Å²) in [4.78, 5) is 2.28. The van der Waals surface area contributed by atoms with Crippen LogP contribution in [0.15, 0.2) is 35.5 Å². The number of hydrogen-bond donors (Lipinski definition) is 0. The van der Waals surface area contributed by atoms with Gasteiger partial charge in [-0.2, -0.15) is 0 Å². The van der Waals surface area contributed by atoms with Crippen molar-refractivity contribution in [1.82, 2.24) is 14.8 Å². The standard InChI is InChI=1S/C17H24N4OS/c1-2-3-13-23-17-19-18-16(20-9-11-22-12-10-20)21(17)14-15-7-5-4-6-8-15/h4-8H,2-3,9-14H2,1H3. The number of anilines is 1. The maximum atomic E-state index is 5.46. The molecule has 1 aromatic heterocycles. The SMILES string of the molecule is CCCCSc1nnc(N2CCOCC2)n1Cc1ccccc1. The van der Waals surface area contributed by atoms with Crippen LogP contribution in [0.2, 0.25) is 0 Å². The highest BCUT2D eigenvalue weighted by Gasteiger charge is 2.20. The van der Waals surface area contributed by atoms with Crippen molar-refractivity contribution in [3.63, 3.8) is 0 Å². The zero-order valence-corrected chi connectivity index (χ0v) is 14.5. The number of thioether (sulfide) groups is 1. The molecule has 0 atom stereocenters. The van der Waals surface area contributed by atoms with E-state index in [4.69, 9.17) is 4.74 Å². The van der Waals surface area contributed by atoms with Crippen LogP contribution in [-0.4, -0.2) is 46.8 Å². The molecular formula is C17H24N4OS. The summed E-state index contributed by atoms with van der Waals surface area (Å²) in [6, 6.07) is 10.5. The normalized spacial score (nSPS) is 15.1. The molecular weight excluding hydrogens is 308 g/mol. The van der Waals surface area contributed by atoms with Crippen LogP contribution in [0.1, 0.15) is 25.3 Å². The van der Waals surface area contributed by atoms with Crippen LogP contribution in [0.4, 0.5) is 5.95 Å². The van der Waals surface area contributed by atoms with Crippen LogP contribution in [-0.2, 0) is 11.3 Å². The van der Waals surface area contributed by atoms with Crippen molar-refractivity contribution in [1.29, 1.82) is 0 Å². The quantitative estimate of drug-likeness (QED) is 0.576. The largest absolute Gasteiger partial charge is 0.378 e. The highest BCUT2D eigenvalue weighted by Crippen LogP contribution is 2.24. The molecule has 0 spiro atoms. The zero-order chi connectivity index (χ0) is 15.9. The molecule has 0 unspecified atom stereocenters. The summed E-state index contributed by atoms with van der Waals surface area (Å²) in [5.74, 6) is 2.06. The Labute approximate surface area is 142 Å². The Morgan fingerprint density at radius 3 is 2.65 bits per heavy atom. The Balaban J connectivity index is 1.82. The number of aromatic nitrogens is 3. The number of unbranched alkanes of at least 4 members (excludes halogenated alkanes) is 1. The van der Waals surface area contributed by atoms with Crippen molar-refractivity contribution in [2.75, 3.05) is 37.0 Å². The van der Waals surface area contributed by atoms with E-state index in [1.165, 1.54) is 18.4 Å². The van der Waals surface area contributed by atoms with Gasteiger partial charge in [0.1, 0.15) is 0 Å². The molecule has 23 heavy (non-hydrogen) atoms. The topological polar surface area (TPSA) is 43.2 Å². The van der Waals surface area contributed by atoms with E-state index in [0.717, 1.165) is 49.7 Å². The van der Waals surface area contributed by atoms with Gasteiger partial charge in [-0.1, -0.05) is 55.4 Å². The molecule has 0 amide bonds. The number of nitrogens with zero attached hydrogens (tertiary/aromatic N) is 4. The summed E-state index contributed by atoms with van der Waals surface area (Å²) in [5, 5.41) is 9.95. The van der Waals surface area contributed by atoms with Crippen molar-refractivity contribution >= 4 is 17.7 Å². The number of morpholine rings is 1. The highest BCUT2D eigenvalue weighted by molar-refractivity contribution is 7.99. The van der Waals surface area contributed by atoms with Gasteiger partial charge < -0.3 is 9.64 Å². The maximum Gasteiger partial charge on any atom is 0.228 e. The van der Waals surface area contributed by atoms with Crippen molar-refractivity contribution in [3.05, 3.63) is 35.9 Å². The molecule has 6 heteroatoms. The zero-order valence-electron chi connectivity index (χ0n) is 13.6. The van der Waals surface area contributed by atoms with E-state index in [1.54, 1.807) is 0 Å². The van der Waals surface area contributed by atoms with Gasteiger partial charge in [0.25, 0.3) is 0 Å². The fourth-order valence-electron chi connectivity index (χ4n) is 2.60. The molecule has 1 aliphatic heterocycles. The molecule has 0 N–H and O–H groups in total. The second kappa shape index (κ2) is 8.36. The minimum absolute atomic E-state index is 0.760. The van der Waals surface area contributed by atoms with Crippen molar-refractivity contribution in [2.45, 2.75) is 31.5 Å². The summed E-state index contributed by atoms with van der Waals surface area (Å²) in [6.07, 6.45) is 2.41. The molecule has 124 valence electrons. The number of ether oxygens (including phenoxy) is 1. The van der Waals surface area contributed by atoms with Crippen molar-refractivity contribution in [2.24, 2.45) is 0 Å². The van der Waals surface area contributed by atoms with Crippen LogP contribution in [0.3, 0.4) is 0 Å². The van der Waals surface area contributed by atoms with Gasteiger partial charge in [-0.15, -0.1) is 10.2 Å². The van der Waals surface area contributed by atoms with E-state index in [1.807, 2.05) is 11.8 Å². The Bertz CT molecular complexity index is 596. The lowest BCUT2D eigenvalue weighted by molar-refractivity contribution is 0.121. The van der Waals surface area contributed by atoms with Gasteiger partial charge in [0.15, 0.2) is 5.16 Å². The molecule has 1 aliphatic rings. The lowest BCUT2D eigenvalue weighted by atomic mass is 10.2. The number of benzene rings is 1. The fourth-order valence-corrected chi connectivity index (χ4v) is 3.61. The van der Waals surface area contributed by atoms with Gasteiger partial charge in [-0.25, -0.2) is 0 Å². The van der Waals surface area contributed by atoms with Crippen LogP contribution >= 0.6 is 11.8 Å². The lowest BCUT2D eigenvalue weighted by Crippen LogP contribution is -2.38. The highest BCUT2D eigenvalue weighted by atomic mass is 32.2. The molecule has 0 bridgehead atoms. The minimum Gasteiger partial charge on any atom is -0.378 e. The maximum absolute atomic E-state index is 5.46. The Hall–Kier alpha value is -1.53. The number of rotatable bonds is 7. The van der Waals surface area contributed by atoms with E-state index in [0.29, 0.717) is 0 Å². The minimum atomic E-state index is 0.760. The smallest absolute Gasteiger partial charge is 0.228 e. The van der Waals surface area contributed by atoms with Gasteiger partial charge in [-0.3, -0.25) is 4.57 Å². The van der Waals surface area contributed by atoms with E-state index in [9.17, 15) is 0 Å². The van der Waals surface area contributed by atoms with Crippen LogP contribution in [0.25, 0.3) is 0 Å². The first-order valence-corrected chi connectivity index (χ1v) is 9.29. The van der Waals surface area contributed by atoms with Crippen LogP contribution in [0.5, 0.6) is 0 Å². The number of hydrogen-bond acceptors (Lipinski definition) is 5. The van der Waals surface area contributed by atoms with E-state index < -0.39 is 0 Å². The molecule has 2 heterocycles.